The number of nitrogens with one attached hydrogen (secondary N) is 1. The SMILES string of the molecule is CSCCCCCNC(C)c1ccc(F)cc1F. The van der Waals surface area contributed by atoms with E-state index in [0.717, 1.165) is 19.0 Å². The molecular weight excluding hydrogens is 252 g/mol. The summed E-state index contributed by atoms with van der Waals surface area (Å²) < 4.78 is 26.3. The fourth-order valence-corrected chi connectivity index (χ4v) is 2.32. The Labute approximate surface area is 112 Å². The lowest BCUT2D eigenvalue weighted by Crippen LogP contribution is -2.20. The van der Waals surface area contributed by atoms with E-state index in [4.69, 9.17) is 0 Å². The minimum atomic E-state index is -0.527. The summed E-state index contributed by atoms with van der Waals surface area (Å²) in [6, 6.07) is 3.67. The van der Waals surface area contributed by atoms with Gasteiger partial charge in [0, 0.05) is 17.7 Å². The first-order chi connectivity index (χ1) is 8.65. The zero-order valence-electron chi connectivity index (χ0n) is 11.0. The average Bonchev–Trinajstić information content (AvgIpc) is 2.33. The van der Waals surface area contributed by atoms with Crippen LogP contribution in [-0.2, 0) is 0 Å². The van der Waals surface area contributed by atoms with Gasteiger partial charge in [-0.1, -0.05) is 12.5 Å². The molecule has 1 aromatic rings. The molecule has 0 aliphatic heterocycles. The predicted octanol–water partition coefficient (Wildman–Crippen LogP) is 4.15. The monoisotopic (exact) mass is 273 g/mol. The lowest BCUT2D eigenvalue weighted by Gasteiger charge is -2.15. The van der Waals surface area contributed by atoms with E-state index in [0.29, 0.717) is 5.56 Å². The summed E-state index contributed by atoms with van der Waals surface area (Å²) in [5.74, 6) is 0.195. The highest BCUT2D eigenvalue weighted by Gasteiger charge is 2.10. The first-order valence-corrected chi connectivity index (χ1v) is 7.72. The van der Waals surface area contributed by atoms with Gasteiger partial charge in [0.05, 0.1) is 0 Å². The van der Waals surface area contributed by atoms with Crippen molar-refractivity contribution in [3.63, 3.8) is 0 Å². The summed E-state index contributed by atoms with van der Waals surface area (Å²) in [4.78, 5) is 0. The zero-order valence-corrected chi connectivity index (χ0v) is 11.8. The summed E-state index contributed by atoms with van der Waals surface area (Å²) >= 11 is 1.86. The van der Waals surface area contributed by atoms with Gasteiger partial charge in [0.1, 0.15) is 11.6 Å². The van der Waals surface area contributed by atoms with Crippen LogP contribution in [0.3, 0.4) is 0 Å². The Balaban J connectivity index is 2.29. The molecule has 1 rings (SSSR count). The van der Waals surface area contributed by atoms with Crippen LogP contribution in [0.5, 0.6) is 0 Å². The molecule has 0 saturated carbocycles. The topological polar surface area (TPSA) is 12.0 Å². The first-order valence-electron chi connectivity index (χ1n) is 6.32. The highest BCUT2D eigenvalue weighted by atomic mass is 32.2. The van der Waals surface area contributed by atoms with Gasteiger partial charge in [-0.05, 0) is 44.4 Å². The molecular formula is C14H21F2NS. The third-order valence-corrected chi connectivity index (χ3v) is 3.60. The highest BCUT2D eigenvalue weighted by Crippen LogP contribution is 2.17. The molecule has 1 N–H and O–H groups in total. The van der Waals surface area contributed by atoms with Crippen LogP contribution in [-0.4, -0.2) is 18.6 Å². The minimum Gasteiger partial charge on any atom is -0.310 e. The molecule has 0 fully saturated rings. The molecule has 18 heavy (non-hydrogen) atoms. The molecule has 1 unspecified atom stereocenters. The van der Waals surface area contributed by atoms with Crippen LogP contribution in [0, 0.1) is 11.6 Å². The van der Waals surface area contributed by atoms with E-state index in [1.807, 2.05) is 18.7 Å². The minimum absolute atomic E-state index is 0.0776. The van der Waals surface area contributed by atoms with E-state index in [1.165, 1.54) is 30.7 Å². The largest absolute Gasteiger partial charge is 0.310 e. The van der Waals surface area contributed by atoms with Crippen LogP contribution in [0.25, 0.3) is 0 Å². The second-order valence-electron chi connectivity index (χ2n) is 4.40. The van der Waals surface area contributed by atoms with Gasteiger partial charge in [-0.15, -0.1) is 0 Å². The van der Waals surface area contributed by atoms with Gasteiger partial charge in [-0.25, -0.2) is 8.78 Å². The van der Waals surface area contributed by atoms with Crippen molar-refractivity contribution in [2.75, 3.05) is 18.6 Å². The molecule has 0 radical (unpaired) electrons. The molecule has 1 nitrogen and oxygen atoms in total. The van der Waals surface area contributed by atoms with Crippen molar-refractivity contribution in [1.82, 2.24) is 5.32 Å². The molecule has 1 aromatic carbocycles. The molecule has 0 aliphatic rings. The van der Waals surface area contributed by atoms with E-state index in [1.54, 1.807) is 0 Å². The van der Waals surface area contributed by atoms with Gasteiger partial charge in [-0.3, -0.25) is 0 Å². The van der Waals surface area contributed by atoms with Crippen molar-refractivity contribution in [3.05, 3.63) is 35.4 Å². The molecule has 0 spiro atoms. The molecule has 0 amide bonds. The molecule has 0 bridgehead atoms. The molecule has 4 heteroatoms. The summed E-state index contributed by atoms with van der Waals surface area (Å²) in [5.41, 5.74) is 0.528. The van der Waals surface area contributed by atoms with Gasteiger partial charge in [0.25, 0.3) is 0 Å². The van der Waals surface area contributed by atoms with Crippen molar-refractivity contribution in [2.45, 2.75) is 32.2 Å². The van der Waals surface area contributed by atoms with Crippen LogP contribution in [0.15, 0.2) is 18.2 Å². The van der Waals surface area contributed by atoms with Crippen LogP contribution in [0.4, 0.5) is 8.78 Å². The standard InChI is InChI=1S/C14H21F2NS/c1-11(17-8-4-3-5-9-18-2)13-7-6-12(15)10-14(13)16/h6-7,10-11,17H,3-5,8-9H2,1-2H3. The van der Waals surface area contributed by atoms with Crippen LogP contribution in [0.2, 0.25) is 0 Å². The number of thioether (sulfide) groups is 1. The summed E-state index contributed by atoms with van der Waals surface area (Å²) in [6.45, 7) is 2.77. The van der Waals surface area contributed by atoms with Crippen molar-refractivity contribution in [1.29, 1.82) is 0 Å². The maximum atomic E-state index is 13.5. The average molecular weight is 273 g/mol. The predicted molar refractivity (Wildman–Crippen MR) is 75.0 cm³/mol. The van der Waals surface area contributed by atoms with E-state index in [9.17, 15) is 8.78 Å². The molecule has 1 atom stereocenters. The molecule has 0 heterocycles. The maximum Gasteiger partial charge on any atom is 0.130 e. The van der Waals surface area contributed by atoms with Gasteiger partial charge < -0.3 is 5.32 Å². The van der Waals surface area contributed by atoms with Crippen molar-refractivity contribution in [3.8, 4) is 0 Å². The Morgan fingerprint density at radius 2 is 2.00 bits per heavy atom. The fraction of sp³-hybridized carbons (Fsp3) is 0.571. The number of unbranched alkanes of at least 4 members (excludes halogenated alkanes) is 2. The van der Waals surface area contributed by atoms with Crippen molar-refractivity contribution in [2.24, 2.45) is 0 Å². The Kier molecular flexibility index (Phi) is 7.28. The number of rotatable bonds is 8. The Morgan fingerprint density at radius 3 is 2.67 bits per heavy atom. The first kappa shape index (κ1) is 15.4. The molecule has 0 aliphatic carbocycles. The van der Waals surface area contributed by atoms with Gasteiger partial charge in [0.15, 0.2) is 0 Å². The Morgan fingerprint density at radius 1 is 1.22 bits per heavy atom. The molecule has 102 valence electrons. The lowest BCUT2D eigenvalue weighted by molar-refractivity contribution is 0.507. The van der Waals surface area contributed by atoms with E-state index >= 15 is 0 Å². The summed E-state index contributed by atoms with van der Waals surface area (Å²) in [7, 11) is 0. The Hall–Kier alpha value is -0.610. The van der Waals surface area contributed by atoms with Gasteiger partial charge in [-0.2, -0.15) is 11.8 Å². The van der Waals surface area contributed by atoms with Crippen molar-refractivity contribution >= 4 is 11.8 Å². The summed E-state index contributed by atoms with van der Waals surface area (Å²) in [6.07, 6.45) is 5.61. The number of halogens is 2. The zero-order chi connectivity index (χ0) is 13.4. The van der Waals surface area contributed by atoms with E-state index in [-0.39, 0.29) is 6.04 Å². The normalized spacial score (nSPS) is 12.7. The van der Waals surface area contributed by atoms with Crippen LogP contribution in [0.1, 0.15) is 37.8 Å². The molecule has 0 saturated heterocycles. The second-order valence-corrected chi connectivity index (χ2v) is 5.38. The fourth-order valence-electron chi connectivity index (χ4n) is 1.83. The highest BCUT2D eigenvalue weighted by molar-refractivity contribution is 7.98. The van der Waals surface area contributed by atoms with E-state index < -0.39 is 11.6 Å². The smallest absolute Gasteiger partial charge is 0.130 e. The molecule has 0 aromatic heterocycles. The van der Waals surface area contributed by atoms with Gasteiger partial charge in [0.2, 0.25) is 0 Å². The quantitative estimate of drug-likeness (QED) is 0.714. The number of hydrogen-bond acceptors (Lipinski definition) is 2. The van der Waals surface area contributed by atoms with Gasteiger partial charge >= 0.3 is 0 Å². The van der Waals surface area contributed by atoms with Crippen molar-refractivity contribution < 1.29 is 8.78 Å². The summed E-state index contributed by atoms with van der Waals surface area (Å²) in [5, 5.41) is 3.27. The maximum absolute atomic E-state index is 13.5. The third-order valence-electron chi connectivity index (χ3n) is 2.90. The number of benzene rings is 1. The lowest BCUT2D eigenvalue weighted by atomic mass is 10.1. The second kappa shape index (κ2) is 8.48. The van der Waals surface area contributed by atoms with E-state index in [2.05, 4.69) is 11.6 Å². The van der Waals surface area contributed by atoms with Crippen LogP contribution < -0.4 is 5.32 Å². The third kappa shape index (κ3) is 5.36. The Bertz CT molecular complexity index is 358. The number of hydrogen-bond donors (Lipinski definition) is 1. The van der Waals surface area contributed by atoms with Crippen LogP contribution >= 0.6 is 11.8 Å².